The normalized spacial score (nSPS) is 12.7. The monoisotopic (exact) mass is 201 g/mol. The van der Waals surface area contributed by atoms with E-state index in [9.17, 15) is 5.11 Å². The Bertz CT molecular complexity index is 425. The van der Waals surface area contributed by atoms with Gasteiger partial charge in [-0.3, -0.25) is 0 Å². The molecule has 0 radical (unpaired) electrons. The summed E-state index contributed by atoms with van der Waals surface area (Å²) in [5, 5.41) is 10.1. The van der Waals surface area contributed by atoms with E-state index >= 15 is 0 Å². The predicted molar refractivity (Wildman–Crippen MR) is 60.8 cm³/mol. The van der Waals surface area contributed by atoms with Gasteiger partial charge < -0.3 is 10.1 Å². The van der Waals surface area contributed by atoms with Crippen LogP contribution in [0.5, 0.6) is 0 Å². The number of aryl methyl sites for hydroxylation is 2. The van der Waals surface area contributed by atoms with Crippen LogP contribution >= 0.6 is 0 Å². The zero-order valence-electron chi connectivity index (χ0n) is 8.99. The molecule has 0 aliphatic carbocycles. The van der Waals surface area contributed by atoms with Crippen molar-refractivity contribution in [1.29, 1.82) is 0 Å². The quantitative estimate of drug-likeness (QED) is 0.770. The molecule has 2 nitrogen and oxygen atoms in total. The molecule has 1 unspecified atom stereocenters. The Balaban J connectivity index is 2.37. The number of hydrogen-bond acceptors (Lipinski definition) is 1. The van der Waals surface area contributed by atoms with Gasteiger partial charge in [0.15, 0.2) is 0 Å². The summed E-state index contributed by atoms with van der Waals surface area (Å²) in [6, 6.07) is 8.03. The molecule has 0 saturated carbocycles. The van der Waals surface area contributed by atoms with Gasteiger partial charge in [-0.25, -0.2) is 0 Å². The first-order valence-corrected chi connectivity index (χ1v) is 5.06. The van der Waals surface area contributed by atoms with Crippen molar-refractivity contribution in [3.05, 3.63) is 58.9 Å². The van der Waals surface area contributed by atoms with E-state index < -0.39 is 6.10 Å². The molecule has 1 atom stereocenters. The van der Waals surface area contributed by atoms with Crippen molar-refractivity contribution in [1.82, 2.24) is 4.98 Å². The fourth-order valence-corrected chi connectivity index (χ4v) is 1.87. The molecule has 2 aromatic rings. The van der Waals surface area contributed by atoms with Crippen LogP contribution in [0.1, 0.15) is 28.4 Å². The number of aromatic amines is 1. The van der Waals surface area contributed by atoms with Gasteiger partial charge in [0.1, 0.15) is 6.10 Å². The molecule has 0 saturated heterocycles. The van der Waals surface area contributed by atoms with E-state index in [-0.39, 0.29) is 0 Å². The Labute approximate surface area is 89.6 Å². The molecule has 1 heterocycles. The van der Waals surface area contributed by atoms with Crippen LogP contribution in [-0.4, -0.2) is 10.1 Å². The predicted octanol–water partition coefficient (Wildman–Crippen LogP) is 2.71. The highest BCUT2D eigenvalue weighted by Gasteiger charge is 2.10. The molecule has 2 heteroatoms. The van der Waals surface area contributed by atoms with Gasteiger partial charge >= 0.3 is 0 Å². The van der Waals surface area contributed by atoms with Crippen LogP contribution in [0.25, 0.3) is 0 Å². The minimum atomic E-state index is -0.533. The van der Waals surface area contributed by atoms with Gasteiger partial charge in [0.05, 0.1) is 0 Å². The van der Waals surface area contributed by atoms with Crippen molar-refractivity contribution in [2.75, 3.05) is 0 Å². The highest BCUT2D eigenvalue weighted by Crippen LogP contribution is 2.23. The van der Waals surface area contributed by atoms with E-state index in [1.165, 1.54) is 11.1 Å². The SMILES string of the molecule is Cc1cc(C)cc(C(O)c2cc[nH]c2)c1. The van der Waals surface area contributed by atoms with Crippen molar-refractivity contribution >= 4 is 0 Å². The van der Waals surface area contributed by atoms with Crippen molar-refractivity contribution < 1.29 is 5.11 Å². The van der Waals surface area contributed by atoms with Crippen LogP contribution in [0.4, 0.5) is 0 Å². The number of nitrogens with one attached hydrogen (secondary N) is 1. The Morgan fingerprint density at radius 3 is 2.27 bits per heavy atom. The summed E-state index contributed by atoms with van der Waals surface area (Å²) in [6.07, 6.45) is 3.11. The summed E-state index contributed by atoms with van der Waals surface area (Å²) in [5.74, 6) is 0. The van der Waals surface area contributed by atoms with Crippen LogP contribution in [0.3, 0.4) is 0 Å². The summed E-state index contributed by atoms with van der Waals surface area (Å²) in [6.45, 7) is 4.08. The molecular formula is C13H15NO. The van der Waals surface area contributed by atoms with Gasteiger partial charge in [-0.1, -0.05) is 29.3 Å². The second-order valence-electron chi connectivity index (χ2n) is 3.97. The average molecular weight is 201 g/mol. The lowest BCUT2D eigenvalue weighted by Gasteiger charge is -2.11. The number of rotatable bonds is 2. The third-order valence-corrected chi connectivity index (χ3v) is 2.50. The second kappa shape index (κ2) is 3.91. The molecule has 0 aliphatic heterocycles. The molecule has 0 aliphatic rings. The lowest BCUT2D eigenvalue weighted by molar-refractivity contribution is 0.220. The highest BCUT2D eigenvalue weighted by molar-refractivity contribution is 5.34. The van der Waals surface area contributed by atoms with Gasteiger partial charge in [-0.05, 0) is 25.5 Å². The molecule has 78 valence electrons. The summed E-state index contributed by atoms with van der Waals surface area (Å²) in [4.78, 5) is 2.95. The summed E-state index contributed by atoms with van der Waals surface area (Å²) < 4.78 is 0. The largest absolute Gasteiger partial charge is 0.384 e. The zero-order chi connectivity index (χ0) is 10.8. The van der Waals surface area contributed by atoms with E-state index in [0.717, 1.165) is 11.1 Å². The van der Waals surface area contributed by atoms with Gasteiger partial charge in [0.2, 0.25) is 0 Å². The van der Waals surface area contributed by atoms with E-state index in [2.05, 4.69) is 11.1 Å². The Morgan fingerprint density at radius 2 is 1.73 bits per heavy atom. The Kier molecular flexibility index (Phi) is 2.60. The van der Waals surface area contributed by atoms with E-state index in [1.54, 1.807) is 0 Å². The van der Waals surface area contributed by atoms with E-state index in [0.29, 0.717) is 0 Å². The van der Waals surface area contributed by atoms with Crippen LogP contribution in [-0.2, 0) is 0 Å². The van der Waals surface area contributed by atoms with E-state index in [4.69, 9.17) is 0 Å². The number of aliphatic hydroxyl groups is 1. The molecule has 0 bridgehead atoms. The highest BCUT2D eigenvalue weighted by atomic mass is 16.3. The summed E-state index contributed by atoms with van der Waals surface area (Å²) >= 11 is 0. The minimum Gasteiger partial charge on any atom is -0.384 e. The molecule has 15 heavy (non-hydrogen) atoms. The molecule has 0 spiro atoms. The van der Waals surface area contributed by atoms with Crippen molar-refractivity contribution in [2.24, 2.45) is 0 Å². The smallest absolute Gasteiger partial charge is 0.106 e. The van der Waals surface area contributed by atoms with Crippen LogP contribution < -0.4 is 0 Å². The molecular weight excluding hydrogens is 186 g/mol. The lowest BCUT2D eigenvalue weighted by atomic mass is 10.00. The number of aromatic nitrogens is 1. The Hall–Kier alpha value is -1.54. The maximum Gasteiger partial charge on any atom is 0.106 e. The van der Waals surface area contributed by atoms with Gasteiger partial charge in [0, 0.05) is 18.0 Å². The first-order chi connectivity index (χ1) is 7.16. The number of aliphatic hydroxyl groups excluding tert-OH is 1. The maximum absolute atomic E-state index is 10.1. The second-order valence-corrected chi connectivity index (χ2v) is 3.97. The third kappa shape index (κ3) is 2.10. The third-order valence-electron chi connectivity index (χ3n) is 2.50. The van der Waals surface area contributed by atoms with E-state index in [1.807, 2.05) is 44.4 Å². The molecule has 1 aromatic carbocycles. The fourth-order valence-electron chi connectivity index (χ4n) is 1.87. The van der Waals surface area contributed by atoms with Crippen molar-refractivity contribution in [2.45, 2.75) is 20.0 Å². The van der Waals surface area contributed by atoms with Crippen molar-refractivity contribution in [3.63, 3.8) is 0 Å². The molecule has 0 amide bonds. The Morgan fingerprint density at radius 1 is 1.07 bits per heavy atom. The summed E-state index contributed by atoms with van der Waals surface area (Å²) in [5.41, 5.74) is 4.21. The van der Waals surface area contributed by atoms with Gasteiger partial charge in [-0.2, -0.15) is 0 Å². The molecule has 2 N–H and O–H groups in total. The van der Waals surface area contributed by atoms with Gasteiger partial charge in [0.25, 0.3) is 0 Å². The number of hydrogen-bond donors (Lipinski definition) is 2. The van der Waals surface area contributed by atoms with Crippen LogP contribution in [0.2, 0.25) is 0 Å². The number of H-pyrrole nitrogens is 1. The zero-order valence-corrected chi connectivity index (χ0v) is 8.99. The topological polar surface area (TPSA) is 36.0 Å². The molecule has 1 aromatic heterocycles. The first-order valence-electron chi connectivity index (χ1n) is 5.06. The standard InChI is InChI=1S/C13H15NO/c1-9-5-10(2)7-12(6-9)13(15)11-3-4-14-8-11/h3-8,13-15H,1-2H3. The average Bonchev–Trinajstić information content (AvgIpc) is 2.67. The number of benzene rings is 1. The molecule has 0 fully saturated rings. The maximum atomic E-state index is 10.1. The van der Waals surface area contributed by atoms with Crippen LogP contribution in [0, 0.1) is 13.8 Å². The summed E-state index contributed by atoms with van der Waals surface area (Å²) in [7, 11) is 0. The first kappa shape index (κ1) is 9.99. The van der Waals surface area contributed by atoms with Gasteiger partial charge in [-0.15, -0.1) is 0 Å². The van der Waals surface area contributed by atoms with Crippen LogP contribution in [0.15, 0.2) is 36.7 Å². The molecule has 2 rings (SSSR count). The van der Waals surface area contributed by atoms with Crippen molar-refractivity contribution in [3.8, 4) is 0 Å². The minimum absolute atomic E-state index is 0.533. The lowest BCUT2D eigenvalue weighted by Crippen LogP contribution is -1.99. The fraction of sp³-hybridized carbons (Fsp3) is 0.231.